The first-order chi connectivity index (χ1) is 12.0. The first-order valence-corrected chi connectivity index (χ1v) is 8.10. The molecule has 0 fully saturated rings. The molecule has 0 atom stereocenters. The van der Waals surface area contributed by atoms with Gasteiger partial charge in [0.05, 0.1) is 17.8 Å². The average Bonchev–Trinajstić information content (AvgIpc) is 2.96. The van der Waals surface area contributed by atoms with Crippen LogP contribution in [0, 0.1) is 13.8 Å². The van der Waals surface area contributed by atoms with E-state index in [1.54, 1.807) is 27.0 Å². The summed E-state index contributed by atoms with van der Waals surface area (Å²) in [5, 5.41) is 3.79. The molecule has 1 amide bonds. The smallest absolute Gasteiger partial charge is 0.261 e. The van der Waals surface area contributed by atoms with E-state index in [0.717, 1.165) is 23.1 Å². The summed E-state index contributed by atoms with van der Waals surface area (Å²) < 4.78 is 7.19. The first-order valence-electron chi connectivity index (χ1n) is 8.10. The zero-order valence-corrected chi connectivity index (χ0v) is 14.6. The Hall–Kier alpha value is -2.86. The van der Waals surface area contributed by atoms with Gasteiger partial charge in [-0.15, -0.1) is 0 Å². The summed E-state index contributed by atoms with van der Waals surface area (Å²) in [5.41, 5.74) is 2.84. The molecule has 0 aliphatic heterocycles. The van der Waals surface area contributed by atoms with Gasteiger partial charge in [-0.3, -0.25) is 9.59 Å². The molecule has 2 heterocycles. The zero-order valence-electron chi connectivity index (χ0n) is 14.6. The molecule has 0 spiro atoms. The van der Waals surface area contributed by atoms with Crippen LogP contribution >= 0.6 is 0 Å². The van der Waals surface area contributed by atoms with Crippen molar-refractivity contribution in [2.75, 3.05) is 19.0 Å². The van der Waals surface area contributed by atoms with Gasteiger partial charge in [0.2, 0.25) is 0 Å². The van der Waals surface area contributed by atoms with E-state index in [1.165, 1.54) is 0 Å². The van der Waals surface area contributed by atoms with E-state index < -0.39 is 5.91 Å². The van der Waals surface area contributed by atoms with Crippen LogP contribution in [0.25, 0.3) is 10.9 Å². The third-order valence-corrected chi connectivity index (χ3v) is 4.19. The molecule has 3 aromatic rings. The van der Waals surface area contributed by atoms with E-state index in [1.807, 2.05) is 30.5 Å². The monoisotopic (exact) mass is 339 g/mol. The summed E-state index contributed by atoms with van der Waals surface area (Å²) in [4.78, 5) is 27.5. The number of carbonyl (C=O) groups excluding carboxylic acids is 1. The highest BCUT2D eigenvalue weighted by atomic mass is 16.5. The first kappa shape index (κ1) is 17.0. The highest BCUT2D eigenvalue weighted by molar-refractivity contribution is 6.09. The van der Waals surface area contributed by atoms with Gasteiger partial charge in [0.15, 0.2) is 0 Å². The molecule has 6 heteroatoms. The van der Waals surface area contributed by atoms with Gasteiger partial charge >= 0.3 is 0 Å². The van der Waals surface area contributed by atoms with E-state index in [-0.39, 0.29) is 11.1 Å². The number of nitrogens with one attached hydrogen (secondary N) is 2. The summed E-state index contributed by atoms with van der Waals surface area (Å²) in [6.07, 6.45) is 1.96. The molecule has 0 bridgehead atoms. The van der Waals surface area contributed by atoms with Crippen LogP contribution in [0.3, 0.4) is 0 Å². The molecule has 0 aliphatic rings. The molecular formula is C19H21N3O3. The lowest BCUT2D eigenvalue weighted by atomic mass is 10.1. The Labute approximate surface area is 145 Å². The number of anilines is 1. The van der Waals surface area contributed by atoms with Crippen molar-refractivity contribution in [3.05, 3.63) is 63.7 Å². The number of carbonyl (C=O) groups is 1. The van der Waals surface area contributed by atoms with Crippen LogP contribution in [-0.4, -0.2) is 29.2 Å². The minimum atomic E-state index is -0.407. The number of methoxy groups -OCH3 is 1. The van der Waals surface area contributed by atoms with Crippen LogP contribution in [-0.2, 0) is 11.3 Å². The molecule has 0 saturated heterocycles. The second-order valence-corrected chi connectivity index (χ2v) is 6.03. The number of rotatable bonds is 5. The van der Waals surface area contributed by atoms with Gasteiger partial charge in [0, 0.05) is 30.9 Å². The maximum atomic E-state index is 12.6. The highest BCUT2D eigenvalue weighted by Crippen LogP contribution is 2.25. The standard InChI is InChI=1S/C19H21N3O3/c1-12-11-13(2)20-18(23)17(12)19(24)21-15-5-4-6-16-14(15)7-8-22(16)9-10-25-3/h4-8,11H,9-10H2,1-3H3,(H,20,23)(H,21,24). The lowest BCUT2D eigenvalue weighted by Crippen LogP contribution is -2.25. The van der Waals surface area contributed by atoms with E-state index in [0.29, 0.717) is 17.9 Å². The Balaban J connectivity index is 1.95. The van der Waals surface area contributed by atoms with Gasteiger partial charge in [-0.25, -0.2) is 0 Å². The Kier molecular flexibility index (Phi) is 4.72. The molecule has 0 saturated carbocycles. The SMILES string of the molecule is COCCn1ccc2c(NC(=O)c3c(C)cc(C)[nH]c3=O)cccc21. The number of ether oxygens (including phenoxy) is 1. The number of hydrogen-bond donors (Lipinski definition) is 2. The van der Waals surface area contributed by atoms with Crippen molar-refractivity contribution >= 4 is 22.5 Å². The fourth-order valence-electron chi connectivity index (χ4n) is 3.04. The molecule has 2 N–H and O–H groups in total. The average molecular weight is 339 g/mol. The number of hydrogen-bond acceptors (Lipinski definition) is 3. The highest BCUT2D eigenvalue weighted by Gasteiger charge is 2.16. The summed E-state index contributed by atoms with van der Waals surface area (Å²) in [6, 6.07) is 9.45. The fraction of sp³-hybridized carbons (Fsp3) is 0.263. The number of benzene rings is 1. The number of amides is 1. The lowest BCUT2D eigenvalue weighted by Gasteiger charge is -2.10. The maximum absolute atomic E-state index is 12.6. The molecule has 130 valence electrons. The molecular weight excluding hydrogens is 318 g/mol. The summed E-state index contributed by atoms with van der Waals surface area (Å²) in [7, 11) is 1.67. The number of fused-ring (bicyclic) bond motifs is 1. The van der Waals surface area contributed by atoms with Crippen molar-refractivity contribution in [1.82, 2.24) is 9.55 Å². The Morgan fingerprint density at radius 3 is 2.80 bits per heavy atom. The topological polar surface area (TPSA) is 76.1 Å². The number of nitrogens with zero attached hydrogens (tertiary/aromatic N) is 1. The molecule has 0 radical (unpaired) electrons. The maximum Gasteiger partial charge on any atom is 0.261 e. The second kappa shape index (κ2) is 6.94. The van der Waals surface area contributed by atoms with E-state index in [4.69, 9.17) is 4.74 Å². The number of aromatic amines is 1. The second-order valence-electron chi connectivity index (χ2n) is 6.03. The van der Waals surface area contributed by atoms with Crippen molar-refractivity contribution in [1.29, 1.82) is 0 Å². The van der Waals surface area contributed by atoms with Crippen LogP contribution in [0.5, 0.6) is 0 Å². The van der Waals surface area contributed by atoms with E-state index in [9.17, 15) is 9.59 Å². The number of aryl methyl sites for hydroxylation is 2. The van der Waals surface area contributed by atoms with Crippen LogP contribution in [0.2, 0.25) is 0 Å². The molecule has 6 nitrogen and oxygen atoms in total. The van der Waals surface area contributed by atoms with Crippen LogP contribution < -0.4 is 10.9 Å². The van der Waals surface area contributed by atoms with Crippen LogP contribution in [0.4, 0.5) is 5.69 Å². The van der Waals surface area contributed by atoms with Crippen molar-refractivity contribution in [2.45, 2.75) is 20.4 Å². The van der Waals surface area contributed by atoms with Gasteiger partial charge in [0.25, 0.3) is 11.5 Å². The van der Waals surface area contributed by atoms with E-state index in [2.05, 4.69) is 14.9 Å². The molecule has 0 unspecified atom stereocenters. The molecule has 2 aromatic heterocycles. The summed E-state index contributed by atoms with van der Waals surface area (Å²) in [6.45, 7) is 4.89. The number of H-pyrrole nitrogens is 1. The number of aromatic nitrogens is 2. The molecule has 3 rings (SSSR count). The Bertz CT molecular complexity index is 985. The Morgan fingerprint density at radius 2 is 2.08 bits per heavy atom. The fourth-order valence-corrected chi connectivity index (χ4v) is 3.04. The Morgan fingerprint density at radius 1 is 1.28 bits per heavy atom. The molecule has 0 aliphatic carbocycles. The van der Waals surface area contributed by atoms with Crippen molar-refractivity contribution < 1.29 is 9.53 Å². The van der Waals surface area contributed by atoms with Gasteiger partial charge in [0.1, 0.15) is 5.56 Å². The van der Waals surface area contributed by atoms with Gasteiger partial charge in [-0.05, 0) is 43.7 Å². The minimum absolute atomic E-state index is 0.140. The number of pyridine rings is 1. The predicted molar refractivity (Wildman–Crippen MR) is 98.3 cm³/mol. The van der Waals surface area contributed by atoms with Gasteiger partial charge in [-0.1, -0.05) is 6.07 Å². The zero-order chi connectivity index (χ0) is 18.0. The minimum Gasteiger partial charge on any atom is -0.383 e. The third-order valence-electron chi connectivity index (χ3n) is 4.19. The van der Waals surface area contributed by atoms with Crippen LogP contribution in [0.15, 0.2) is 41.3 Å². The van der Waals surface area contributed by atoms with Crippen molar-refractivity contribution in [3.8, 4) is 0 Å². The summed E-state index contributed by atoms with van der Waals surface area (Å²) >= 11 is 0. The lowest BCUT2D eigenvalue weighted by molar-refractivity contribution is 0.102. The summed E-state index contributed by atoms with van der Waals surface area (Å²) in [5.74, 6) is -0.407. The van der Waals surface area contributed by atoms with Crippen molar-refractivity contribution in [2.24, 2.45) is 0 Å². The normalized spacial score (nSPS) is 11.0. The predicted octanol–water partition coefficient (Wildman–Crippen LogP) is 2.85. The van der Waals surface area contributed by atoms with Gasteiger partial charge in [-0.2, -0.15) is 0 Å². The van der Waals surface area contributed by atoms with Crippen LogP contribution in [0.1, 0.15) is 21.6 Å². The van der Waals surface area contributed by atoms with Gasteiger partial charge < -0.3 is 19.6 Å². The largest absolute Gasteiger partial charge is 0.383 e. The quantitative estimate of drug-likeness (QED) is 0.750. The molecule has 25 heavy (non-hydrogen) atoms. The molecule has 1 aromatic carbocycles. The van der Waals surface area contributed by atoms with Crippen molar-refractivity contribution in [3.63, 3.8) is 0 Å². The van der Waals surface area contributed by atoms with E-state index >= 15 is 0 Å². The third kappa shape index (κ3) is 3.34.